The summed E-state index contributed by atoms with van der Waals surface area (Å²) in [6.07, 6.45) is -0.673. The first kappa shape index (κ1) is 22.6. The molecule has 9 heteroatoms. The lowest BCUT2D eigenvalue weighted by molar-refractivity contribution is -0.384. The molecule has 2 atom stereocenters. The van der Waals surface area contributed by atoms with Gasteiger partial charge in [0.15, 0.2) is 6.10 Å². The number of allylic oxidation sites excluding steroid dienone is 2. The third kappa shape index (κ3) is 4.84. The molecule has 1 aromatic carbocycles. The van der Waals surface area contributed by atoms with E-state index in [1.165, 1.54) is 24.3 Å². The van der Waals surface area contributed by atoms with Crippen LogP contribution in [0.2, 0.25) is 0 Å². The fourth-order valence-corrected chi connectivity index (χ4v) is 3.45. The molecule has 0 amide bonds. The highest BCUT2D eigenvalue weighted by Crippen LogP contribution is 2.39. The molecule has 2 N–H and O–H groups in total. The van der Waals surface area contributed by atoms with E-state index < -0.39 is 28.9 Å². The highest BCUT2D eigenvalue weighted by atomic mass is 16.6. The predicted molar refractivity (Wildman–Crippen MR) is 107 cm³/mol. The molecule has 0 fully saturated rings. The number of hydrogen-bond donors (Lipinski definition) is 2. The number of dihydropyridines is 1. The first-order valence-corrected chi connectivity index (χ1v) is 9.33. The lowest BCUT2D eigenvalue weighted by Gasteiger charge is -2.30. The maximum Gasteiger partial charge on any atom is 0.338 e. The summed E-state index contributed by atoms with van der Waals surface area (Å²) in [4.78, 5) is 35.6. The van der Waals surface area contributed by atoms with Crippen molar-refractivity contribution in [1.82, 2.24) is 5.32 Å². The molecule has 158 valence electrons. The number of carbonyl (C=O) groups excluding carboxylic acids is 1. The Morgan fingerprint density at radius 1 is 1.30 bits per heavy atom. The van der Waals surface area contributed by atoms with Crippen molar-refractivity contribution in [2.45, 2.75) is 46.1 Å². The number of esters is 1. The molecule has 0 saturated heterocycles. The third-order valence-corrected chi connectivity index (χ3v) is 4.70. The zero-order valence-corrected chi connectivity index (χ0v) is 17.1. The van der Waals surface area contributed by atoms with Crippen molar-refractivity contribution in [3.8, 4) is 6.07 Å². The fraction of sp³-hybridized carbons (Fsp3) is 0.381. The van der Waals surface area contributed by atoms with E-state index in [9.17, 15) is 30.1 Å². The van der Waals surface area contributed by atoms with E-state index in [2.05, 4.69) is 5.32 Å². The van der Waals surface area contributed by atoms with Crippen LogP contribution in [0.1, 0.15) is 45.6 Å². The van der Waals surface area contributed by atoms with Crippen molar-refractivity contribution < 1.29 is 24.4 Å². The van der Waals surface area contributed by atoms with E-state index in [0.29, 0.717) is 17.8 Å². The average Bonchev–Trinajstić information content (AvgIpc) is 2.65. The molecule has 1 aliphatic heterocycles. The monoisotopic (exact) mass is 413 g/mol. The van der Waals surface area contributed by atoms with E-state index in [1.807, 2.05) is 19.9 Å². The van der Waals surface area contributed by atoms with Crippen LogP contribution in [0.4, 0.5) is 5.69 Å². The van der Waals surface area contributed by atoms with Crippen LogP contribution in [0.5, 0.6) is 0 Å². The molecule has 2 unspecified atom stereocenters. The molecule has 0 saturated carbocycles. The summed E-state index contributed by atoms with van der Waals surface area (Å²) in [5, 5.41) is 33.2. The molecule has 1 heterocycles. The molecular formula is C21H23N3O6. The number of nitro benzene ring substituents is 1. The zero-order chi connectivity index (χ0) is 22.6. The number of hydrogen-bond acceptors (Lipinski definition) is 7. The minimum Gasteiger partial charge on any atom is -0.478 e. The zero-order valence-electron chi connectivity index (χ0n) is 17.1. The summed E-state index contributed by atoms with van der Waals surface area (Å²) >= 11 is 0. The Labute approximate surface area is 173 Å². The quantitative estimate of drug-likeness (QED) is 0.393. The van der Waals surface area contributed by atoms with Gasteiger partial charge in [-0.2, -0.15) is 5.26 Å². The molecule has 0 bridgehead atoms. The van der Waals surface area contributed by atoms with E-state index in [4.69, 9.17) is 4.74 Å². The highest BCUT2D eigenvalue weighted by Gasteiger charge is 2.38. The topological polar surface area (TPSA) is 143 Å². The second-order valence-corrected chi connectivity index (χ2v) is 7.45. The molecule has 0 radical (unpaired) electrons. The van der Waals surface area contributed by atoms with Gasteiger partial charge < -0.3 is 15.2 Å². The lowest BCUT2D eigenvalue weighted by Crippen LogP contribution is -2.33. The summed E-state index contributed by atoms with van der Waals surface area (Å²) in [5.41, 5.74) is 0.597. The summed E-state index contributed by atoms with van der Waals surface area (Å²) in [5.74, 6) is -3.09. The third-order valence-electron chi connectivity index (χ3n) is 4.70. The fourth-order valence-electron chi connectivity index (χ4n) is 3.45. The molecule has 0 aliphatic carbocycles. The standard InChI is InChI=1S/C21H23N3O6/c1-11(2)8-16(10-22)30-21(27)18-13(4)23-12(3)17(20(25)26)19(18)14-6-5-7-15(9-14)24(28)29/h5-7,9,11,16,19,23H,8H2,1-4H3,(H,25,26). The number of non-ortho nitro benzene ring substituents is 1. The molecule has 2 rings (SSSR count). The van der Waals surface area contributed by atoms with Crippen LogP contribution >= 0.6 is 0 Å². The highest BCUT2D eigenvalue weighted by molar-refractivity contribution is 5.99. The van der Waals surface area contributed by atoms with E-state index >= 15 is 0 Å². The minimum atomic E-state index is -1.27. The SMILES string of the molecule is CC1=C(C(=O)O)C(c2cccc([N+](=O)[O-])c2)C(C(=O)OC(C#N)CC(C)C)=C(C)N1. The summed E-state index contributed by atoms with van der Waals surface area (Å²) in [7, 11) is 0. The van der Waals surface area contributed by atoms with Crippen LogP contribution in [-0.4, -0.2) is 28.1 Å². The van der Waals surface area contributed by atoms with Crippen molar-refractivity contribution >= 4 is 17.6 Å². The minimum absolute atomic E-state index is 0.00232. The van der Waals surface area contributed by atoms with Gasteiger partial charge in [-0.1, -0.05) is 26.0 Å². The van der Waals surface area contributed by atoms with Gasteiger partial charge >= 0.3 is 11.9 Å². The first-order valence-electron chi connectivity index (χ1n) is 9.33. The van der Waals surface area contributed by atoms with E-state index in [0.717, 1.165) is 0 Å². The number of ether oxygens (including phenoxy) is 1. The number of rotatable bonds is 7. The number of carbonyl (C=O) groups is 2. The molecule has 0 spiro atoms. The van der Waals surface area contributed by atoms with Gasteiger partial charge in [-0.05, 0) is 25.3 Å². The Morgan fingerprint density at radius 2 is 1.93 bits per heavy atom. The number of nitriles is 1. The van der Waals surface area contributed by atoms with Crippen molar-refractivity contribution in [2.75, 3.05) is 0 Å². The predicted octanol–water partition coefficient (Wildman–Crippen LogP) is 3.40. The normalized spacial score (nSPS) is 17.3. The smallest absolute Gasteiger partial charge is 0.338 e. The van der Waals surface area contributed by atoms with Crippen LogP contribution in [0.25, 0.3) is 0 Å². The van der Waals surface area contributed by atoms with Gasteiger partial charge in [0.05, 0.1) is 22.0 Å². The molecule has 30 heavy (non-hydrogen) atoms. The maximum absolute atomic E-state index is 13.0. The second kappa shape index (κ2) is 9.22. The van der Waals surface area contributed by atoms with Gasteiger partial charge in [0, 0.05) is 29.9 Å². The Balaban J connectivity index is 2.58. The summed E-state index contributed by atoms with van der Waals surface area (Å²) in [6.45, 7) is 6.90. The maximum atomic E-state index is 13.0. The summed E-state index contributed by atoms with van der Waals surface area (Å²) < 4.78 is 5.37. The Bertz CT molecular complexity index is 987. The van der Waals surface area contributed by atoms with Gasteiger partial charge in [0.2, 0.25) is 0 Å². The van der Waals surface area contributed by atoms with Gasteiger partial charge in [-0.25, -0.2) is 9.59 Å². The van der Waals surface area contributed by atoms with Crippen LogP contribution in [0, 0.1) is 27.4 Å². The number of nitrogens with one attached hydrogen (secondary N) is 1. The number of aliphatic carboxylic acids is 1. The average molecular weight is 413 g/mol. The second-order valence-electron chi connectivity index (χ2n) is 7.45. The molecule has 9 nitrogen and oxygen atoms in total. The van der Waals surface area contributed by atoms with Gasteiger partial charge in [0.25, 0.3) is 5.69 Å². The first-order chi connectivity index (χ1) is 14.1. The molecule has 0 aromatic heterocycles. The van der Waals surface area contributed by atoms with Crippen LogP contribution < -0.4 is 5.32 Å². The molecular weight excluding hydrogens is 390 g/mol. The van der Waals surface area contributed by atoms with Crippen LogP contribution in [0.15, 0.2) is 46.8 Å². The van der Waals surface area contributed by atoms with E-state index in [1.54, 1.807) is 13.8 Å². The van der Waals surface area contributed by atoms with Crippen molar-refractivity contribution in [3.05, 3.63) is 62.5 Å². The van der Waals surface area contributed by atoms with E-state index in [-0.39, 0.29) is 28.3 Å². The Kier molecular flexibility index (Phi) is 6.95. The number of benzene rings is 1. The Morgan fingerprint density at radius 3 is 2.47 bits per heavy atom. The number of carboxylic acids is 1. The molecule has 1 aromatic rings. The van der Waals surface area contributed by atoms with Crippen molar-refractivity contribution in [1.29, 1.82) is 5.26 Å². The Hall–Kier alpha value is -3.67. The summed E-state index contributed by atoms with van der Waals surface area (Å²) in [6, 6.07) is 7.41. The lowest BCUT2D eigenvalue weighted by atomic mass is 9.80. The largest absolute Gasteiger partial charge is 0.478 e. The molecule has 1 aliphatic rings. The van der Waals surface area contributed by atoms with Crippen LogP contribution in [0.3, 0.4) is 0 Å². The van der Waals surface area contributed by atoms with Gasteiger partial charge in [-0.3, -0.25) is 10.1 Å². The number of carboxylic acid groups (broad SMARTS) is 1. The van der Waals surface area contributed by atoms with Crippen LogP contribution in [-0.2, 0) is 14.3 Å². The van der Waals surface area contributed by atoms with Gasteiger partial charge in [0.1, 0.15) is 6.07 Å². The van der Waals surface area contributed by atoms with Crippen molar-refractivity contribution in [3.63, 3.8) is 0 Å². The van der Waals surface area contributed by atoms with Gasteiger partial charge in [-0.15, -0.1) is 0 Å². The number of nitrogens with zero attached hydrogens (tertiary/aromatic N) is 2. The van der Waals surface area contributed by atoms with Crippen molar-refractivity contribution in [2.24, 2.45) is 5.92 Å². The number of nitro groups is 1.